The van der Waals surface area contributed by atoms with Gasteiger partial charge in [0.2, 0.25) is 0 Å². The summed E-state index contributed by atoms with van der Waals surface area (Å²) >= 11 is 1.87. The lowest BCUT2D eigenvalue weighted by molar-refractivity contribution is 0.0641. The van der Waals surface area contributed by atoms with E-state index in [4.69, 9.17) is 4.74 Å². The first-order valence-corrected chi connectivity index (χ1v) is 9.58. The van der Waals surface area contributed by atoms with Crippen LogP contribution >= 0.6 is 11.8 Å². The van der Waals surface area contributed by atoms with Crippen molar-refractivity contribution in [2.24, 2.45) is 5.92 Å². The molecule has 6 heteroatoms. The van der Waals surface area contributed by atoms with Crippen molar-refractivity contribution in [1.82, 2.24) is 14.7 Å². The van der Waals surface area contributed by atoms with E-state index in [1.165, 1.54) is 6.42 Å². The lowest BCUT2D eigenvalue weighted by atomic mass is 10.00. The number of ether oxygens (including phenoxy) is 1. The summed E-state index contributed by atoms with van der Waals surface area (Å²) in [6.45, 7) is 3.32. The quantitative estimate of drug-likeness (QED) is 0.854. The number of carbonyl (C=O) groups is 1. The smallest absolute Gasteiger partial charge is 0.274 e. The summed E-state index contributed by atoms with van der Waals surface area (Å²) < 4.78 is 7.34. The van der Waals surface area contributed by atoms with Gasteiger partial charge in [-0.1, -0.05) is 0 Å². The Kier molecular flexibility index (Phi) is 5.41. The number of rotatable bonds is 4. The van der Waals surface area contributed by atoms with Crippen molar-refractivity contribution in [3.8, 4) is 0 Å². The van der Waals surface area contributed by atoms with E-state index in [2.05, 4.69) is 11.4 Å². The molecule has 2 aliphatic heterocycles. The van der Waals surface area contributed by atoms with Gasteiger partial charge in [0.05, 0.1) is 6.04 Å². The molecular weight excluding hydrogens is 298 g/mol. The number of carbonyl (C=O) groups excluding carboxylic acids is 1. The second-order valence-corrected chi connectivity index (χ2v) is 7.15. The van der Waals surface area contributed by atoms with Crippen LogP contribution in [0.1, 0.15) is 42.2 Å². The summed E-state index contributed by atoms with van der Waals surface area (Å²) in [5.41, 5.74) is 0.594. The number of nitrogens with zero attached hydrogens (tertiary/aromatic N) is 3. The fourth-order valence-corrected chi connectivity index (χ4v) is 4.13. The Morgan fingerprint density at radius 1 is 1.41 bits per heavy atom. The first-order chi connectivity index (χ1) is 10.8. The number of thioether (sulfide) groups is 1. The maximum absolute atomic E-state index is 12.7. The van der Waals surface area contributed by atoms with Gasteiger partial charge in [0.25, 0.3) is 5.91 Å². The third kappa shape index (κ3) is 3.66. The summed E-state index contributed by atoms with van der Waals surface area (Å²) in [5, 5.41) is 4.54. The molecule has 3 rings (SSSR count). The van der Waals surface area contributed by atoms with E-state index in [9.17, 15) is 4.79 Å². The van der Waals surface area contributed by atoms with Gasteiger partial charge in [0.15, 0.2) is 0 Å². The van der Waals surface area contributed by atoms with E-state index >= 15 is 0 Å². The van der Waals surface area contributed by atoms with E-state index in [0.29, 0.717) is 17.7 Å². The van der Waals surface area contributed by atoms with Crippen LogP contribution in [0.2, 0.25) is 0 Å². The summed E-state index contributed by atoms with van der Waals surface area (Å²) in [6.07, 6.45) is 8.39. The average molecular weight is 323 g/mol. The number of hydrogen-bond donors (Lipinski definition) is 0. The van der Waals surface area contributed by atoms with Crippen molar-refractivity contribution in [2.75, 3.05) is 38.3 Å². The second-order valence-electron chi connectivity index (χ2n) is 6.24. The molecule has 0 radical (unpaired) electrons. The van der Waals surface area contributed by atoms with E-state index < -0.39 is 0 Å². The van der Waals surface area contributed by atoms with Crippen LogP contribution in [-0.4, -0.2) is 58.9 Å². The van der Waals surface area contributed by atoms with Crippen LogP contribution in [0.5, 0.6) is 0 Å². The van der Waals surface area contributed by atoms with Crippen LogP contribution in [0, 0.1) is 5.92 Å². The van der Waals surface area contributed by atoms with Crippen LogP contribution in [0.4, 0.5) is 0 Å². The highest BCUT2D eigenvalue weighted by molar-refractivity contribution is 7.98. The summed E-state index contributed by atoms with van der Waals surface area (Å²) in [4.78, 5) is 14.7. The van der Waals surface area contributed by atoms with Gasteiger partial charge in [-0.3, -0.25) is 9.48 Å². The molecule has 122 valence electrons. The fourth-order valence-electron chi connectivity index (χ4n) is 3.39. The molecule has 2 saturated heterocycles. The predicted octanol–water partition coefficient (Wildman–Crippen LogP) is 2.45. The molecule has 1 unspecified atom stereocenters. The average Bonchev–Trinajstić information content (AvgIpc) is 3.05. The van der Waals surface area contributed by atoms with E-state index in [1.807, 2.05) is 33.6 Å². The Morgan fingerprint density at radius 2 is 2.23 bits per heavy atom. The molecule has 2 aliphatic rings. The highest BCUT2D eigenvalue weighted by Gasteiger charge is 2.26. The summed E-state index contributed by atoms with van der Waals surface area (Å²) in [5.74, 6) is 1.86. The monoisotopic (exact) mass is 323 g/mol. The molecule has 0 aliphatic carbocycles. The standard InChI is InChI=1S/C16H25N3O2S/c1-22-12-13-3-2-7-18(11-13)16(20)15-4-8-19(17-15)14-5-9-21-10-6-14/h4,8,13-14H,2-3,5-7,9-12H2,1H3. The first kappa shape index (κ1) is 15.9. The van der Waals surface area contributed by atoms with Crippen molar-refractivity contribution >= 4 is 17.7 Å². The van der Waals surface area contributed by atoms with Crippen molar-refractivity contribution in [3.63, 3.8) is 0 Å². The van der Waals surface area contributed by atoms with Crippen LogP contribution < -0.4 is 0 Å². The summed E-state index contributed by atoms with van der Waals surface area (Å²) in [7, 11) is 0. The predicted molar refractivity (Wildman–Crippen MR) is 88.3 cm³/mol. The van der Waals surface area contributed by atoms with Crippen LogP contribution in [0.3, 0.4) is 0 Å². The van der Waals surface area contributed by atoms with E-state index in [-0.39, 0.29) is 5.91 Å². The zero-order valence-corrected chi connectivity index (χ0v) is 14.1. The number of aromatic nitrogens is 2. The lowest BCUT2D eigenvalue weighted by Gasteiger charge is -2.32. The molecular formula is C16H25N3O2S. The number of likely N-dealkylation sites (tertiary alicyclic amines) is 1. The van der Waals surface area contributed by atoms with Gasteiger partial charge < -0.3 is 9.64 Å². The van der Waals surface area contributed by atoms with Crippen LogP contribution in [0.15, 0.2) is 12.3 Å². The fraction of sp³-hybridized carbons (Fsp3) is 0.750. The van der Waals surface area contributed by atoms with Crippen LogP contribution in [0.25, 0.3) is 0 Å². The summed E-state index contributed by atoms with van der Waals surface area (Å²) in [6, 6.07) is 2.25. The van der Waals surface area contributed by atoms with Gasteiger partial charge in [-0.15, -0.1) is 0 Å². The highest BCUT2D eigenvalue weighted by atomic mass is 32.2. The van der Waals surface area contributed by atoms with Crippen LogP contribution in [-0.2, 0) is 4.74 Å². The number of piperidine rings is 1. The minimum Gasteiger partial charge on any atom is -0.381 e. The molecule has 0 bridgehead atoms. The van der Waals surface area contributed by atoms with Crippen molar-refractivity contribution in [2.45, 2.75) is 31.7 Å². The minimum absolute atomic E-state index is 0.0941. The zero-order valence-electron chi connectivity index (χ0n) is 13.2. The lowest BCUT2D eigenvalue weighted by Crippen LogP contribution is -2.40. The molecule has 0 N–H and O–H groups in total. The van der Waals surface area contributed by atoms with Gasteiger partial charge in [-0.25, -0.2) is 0 Å². The molecule has 1 amide bonds. The van der Waals surface area contributed by atoms with Gasteiger partial charge in [-0.05, 0) is 49.7 Å². The Bertz CT molecular complexity index is 497. The number of amides is 1. The largest absolute Gasteiger partial charge is 0.381 e. The molecule has 0 aromatic carbocycles. The topological polar surface area (TPSA) is 47.4 Å². The molecule has 5 nitrogen and oxygen atoms in total. The molecule has 0 spiro atoms. The Balaban J connectivity index is 1.63. The molecule has 1 atom stereocenters. The van der Waals surface area contributed by atoms with Gasteiger partial charge in [0.1, 0.15) is 5.69 Å². The Hall–Kier alpha value is -1.01. The highest BCUT2D eigenvalue weighted by Crippen LogP contribution is 2.23. The molecule has 22 heavy (non-hydrogen) atoms. The normalized spacial score (nSPS) is 23.7. The molecule has 1 aromatic rings. The minimum atomic E-state index is 0.0941. The number of hydrogen-bond acceptors (Lipinski definition) is 4. The maximum Gasteiger partial charge on any atom is 0.274 e. The molecule has 2 fully saturated rings. The third-order valence-electron chi connectivity index (χ3n) is 4.60. The van der Waals surface area contributed by atoms with Gasteiger partial charge in [-0.2, -0.15) is 16.9 Å². The maximum atomic E-state index is 12.7. The second kappa shape index (κ2) is 7.51. The molecule has 0 saturated carbocycles. The SMILES string of the molecule is CSCC1CCCN(C(=O)c2ccn(C3CCOCC3)n2)C1. The van der Waals surface area contributed by atoms with E-state index in [1.54, 1.807) is 0 Å². The van der Waals surface area contributed by atoms with Crippen molar-refractivity contribution in [1.29, 1.82) is 0 Å². The van der Waals surface area contributed by atoms with Crippen molar-refractivity contribution < 1.29 is 9.53 Å². The third-order valence-corrected chi connectivity index (χ3v) is 5.41. The molecule has 3 heterocycles. The van der Waals surface area contributed by atoms with E-state index in [0.717, 1.165) is 51.3 Å². The van der Waals surface area contributed by atoms with Gasteiger partial charge >= 0.3 is 0 Å². The Labute approximate surface area is 136 Å². The van der Waals surface area contributed by atoms with Gasteiger partial charge in [0, 0.05) is 32.5 Å². The van der Waals surface area contributed by atoms with Crippen molar-refractivity contribution in [3.05, 3.63) is 18.0 Å². The zero-order chi connectivity index (χ0) is 15.4. The first-order valence-electron chi connectivity index (χ1n) is 8.19. The Morgan fingerprint density at radius 3 is 3.00 bits per heavy atom. The molecule has 1 aromatic heterocycles.